The maximum atomic E-state index is 12.6. The third-order valence-corrected chi connectivity index (χ3v) is 6.63. The van der Waals surface area contributed by atoms with Crippen molar-refractivity contribution in [1.82, 2.24) is 9.80 Å². The first-order valence-electron chi connectivity index (χ1n) is 12.9. The maximum absolute atomic E-state index is 12.6. The van der Waals surface area contributed by atoms with Crippen LogP contribution in [-0.2, 0) is 9.59 Å². The number of carbonyl (C=O) groups excluding carboxylic acids is 4. The van der Waals surface area contributed by atoms with E-state index in [2.05, 4.69) is 10.6 Å². The molecule has 2 aliphatic rings. The number of anilines is 2. The Hall–Kier alpha value is -3.68. The van der Waals surface area contributed by atoms with Crippen LogP contribution >= 0.6 is 0 Å². The second-order valence-electron chi connectivity index (χ2n) is 9.46. The lowest BCUT2D eigenvalue weighted by atomic mass is 10.1. The van der Waals surface area contributed by atoms with E-state index in [0.717, 1.165) is 51.9 Å². The number of hydrogen-bond donors (Lipinski definition) is 2. The van der Waals surface area contributed by atoms with Crippen LogP contribution in [0.2, 0.25) is 0 Å². The number of amides is 4. The molecule has 2 aromatic rings. The molecule has 4 amide bonds. The SMILES string of the molecule is O=C(CCCCC(=O)Nc1cccc(C(=O)N2CCCC2)c1)Nc1cccc(C(=O)N2CCCC2)c1. The van der Waals surface area contributed by atoms with Crippen LogP contribution in [0.5, 0.6) is 0 Å². The molecule has 0 aliphatic carbocycles. The largest absolute Gasteiger partial charge is 0.339 e. The van der Waals surface area contributed by atoms with Crippen LogP contribution in [0.15, 0.2) is 48.5 Å². The van der Waals surface area contributed by atoms with Gasteiger partial charge in [0, 0.05) is 61.5 Å². The molecule has 0 bridgehead atoms. The van der Waals surface area contributed by atoms with Crippen molar-refractivity contribution < 1.29 is 19.2 Å². The van der Waals surface area contributed by atoms with Crippen LogP contribution in [0.3, 0.4) is 0 Å². The summed E-state index contributed by atoms with van der Waals surface area (Å²) in [6.45, 7) is 3.13. The van der Waals surface area contributed by atoms with Gasteiger partial charge in [-0.25, -0.2) is 0 Å². The summed E-state index contributed by atoms with van der Waals surface area (Å²) in [7, 11) is 0. The number of likely N-dealkylation sites (tertiary alicyclic amines) is 2. The van der Waals surface area contributed by atoms with Gasteiger partial charge in [0.15, 0.2) is 0 Å². The summed E-state index contributed by atoms with van der Waals surface area (Å²) in [6, 6.07) is 14.1. The van der Waals surface area contributed by atoms with Gasteiger partial charge in [-0.05, 0) is 74.9 Å². The van der Waals surface area contributed by atoms with Crippen LogP contribution in [0.1, 0.15) is 72.1 Å². The highest BCUT2D eigenvalue weighted by molar-refractivity contribution is 5.98. The van der Waals surface area contributed by atoms with Crippen molar-refractivity contribution in [2.24, 2.45) is 0 Å². The Labute approximate surface area is 212 Å². The summed E-state index contributed by atoms with van der Waals surface area (Å²) >= 11 is 0. The van der Waals surface area contributed by atoms with Crippen molar-refractivity contribution in [2.45, 2.75) is 51.4 Å². The van der Waals surface area contributed by atoms with Gasteiger partial charge in [-0.2, -0.15) is 0 Å². The molecular weight excluding hydrogens is 456 g/mol. The predicted molar refractivity (Wildman–Crippen MR) is 139 cm³/mol. The predicted octanol–water partition coefficient (Wildman–Crippen LogP) is 4.30. The Morgan fingerprint density at radius 3 is 1.39 bits per heavy atom. The van der Waals surface area contributed by atoms with Crippen LogP contribution in [0.4, 0.5) is 11.4 Å². The van der Waals surface area contributed by atoms with Crippen molar-refractivity contribution >= 4 is 35.0 Å². The monoisotopic (exact) mass is 490 g/mol. The summed E-state index contributed by atoms with van der Waals surface area (Å²) in [5.41, 5.74) is 2.37. The van der Waals surface area contributed by atoms with Crippen molar-refractivity contribution in [2.75, 3.05) is 36.8 Å². The number of hydrogen-bond acceptors (Lipinski definition) is 4. The number of carbonyl (C=O) groups is 4. The molecule has 2 heterocycles. The average molecular weight is 491 g/mol. The summed E-state index contributed by atoms with van der Waals surface area (Å²) < 4.78 is 0. The number of unbranched alkanes of at least 4 members (excludes halogenated alkanes) is 1. The van der Waals surface area contributed by atoms with Crippen LogP contribution in [-0.4, -0.2) is 59.6 Å². The fraction of sp³-hybridized carbons (Fsp3) is 0.429. The van der Waals surface area contributed by atoms with E-state index in [1.54, 1.807) is 48.5 Å². The number of rotatable bonds is 9. The topological polar surface area (TPSA) is 98.8 Å². The molecule has 0 aromatic heterocycles. The van der Waals surface area contributed by atoms with E-state index >= 15 is 0 Å². The Bertz CT molecular complexity index is 1020. The Kier molecular flexibility index (Phi) is 8.71. The normalized spacial score (nSPS) is 15.1. The van der Waals surface area contributed by atoms with Gasteiger partial charge in [-0.15, -0.1) is 0 Å². The molecule has 0 radical (unpaired) electrons. The fourth-order valence-electron chi connectivity index (χ4n) is 4.68. The lowest BCUT2D eigenvalue weighted by Gasteiger charge is -2.16. The van der Waals surface area contributed by atoms with Gasteiger partial charge >= 0.3 is 0 Å². The van der Waals surface area contributed by atoms with E-state index < -0.39 is 0 Å². The molecule has 36 heavy (non-hydrogen) atoms. The third kappa shape index (κ3) is 6.93. The smallest absolute Gasteiger partial charge is 0.253 e. The Balaban J connectivity index is 1.17. The lowest BCUT2D eigenvalue weighted by molar-refractivity contribution is -0.118. The molecule has 0 saturated carbocycles. The van der Waals surface area contributed by atoms with Crippen LogP contribution in [0, 0.1) is 0 Å². The first-order chi connectivity index (χ1) is 17.5. The van der Waals surface area contributed by atoms with Gasteiger partial charge < -0.3 is 20.4 Å². The molecule has 8 nitrogen and oxygen atoms in total. The highest BCUT2D eigenvalue weighted by Gasteiger charge is 2.21. The second-order valence-corrected chi connectivity index (χ2v) is 9.46. The van der Waals surface area contributed by atoms with Gasteiger partial charge in [-0.1, -0.05) is 12.1 Å². The first-order valence-corrected chi connectivity index (χ1v) is 12.9. The zero-order valence-corrected chi connectivity index (χ0v) is 20.6. The molecule has 2 N–H and O–H groups in total. The van der Waals surface area contributed by atoms with Gasteiger partial charge in [0.1, 0.15) is 0 Å². The van der Waals surface area contributed by atoms with E-state index in [1.165, 1.54) is 0 Å². The summed E-state index contributed by atoms with van der Waals surface area (Å²) in [5, 5.41) is 5.70. The van der Waals surface area contributed by atoms with Crippen LogP contribution in [0.25, 0.3) is 0 Å². The quantitative estimate of drug-likeness (QED) is 0.512. The molecule has 2 aromatic carbocycles. The lowest BCUT2D eigenvalue weighted by Crippen LogP contribution is -2.27. The number of benzene rings is 2. The summed E-state index contributed by atoms with van der Waals surface area (Å²) in [5.74, 6) is -0.287. The van der Waals surface area contributed by atoms with Crippen molar-refractivity contribution in [3.63, 3.8) is 0 Å². The van der Waals surface area contributed by atoms with E-state index in [1.807, 2.05) is 9.80 Å². The molecule has 2 aliphatic heterocycles. The Morgan fingerprint density at radius 1 is 0.611 bits per heavy atom. The zero-order valence-electron chi connectivity index (χ0n) is 20.6. The minimum Gasteiger partial charge on any atom is -0.339 e. The zero-order chi connectivity index (χ0) is 25.3. The minimum atomic E-state index is -0.144. The molecule has 190 valence electrons. The van der Waals surface area contributed by atoms with Crippen molar-refractivity contribution in [1.29, 1.82) is 0 Å². The molecular formula is C28H34N4O4. The Morgan fingerprint density at radius 2 is 1.00 bits per heavy atom. The third-order valence-electron chi connectivity index (χ3n) is 6.63. The van der Waals surface area contributed by atoms with Gasteiger partial charge in [-0.3, -0.25) is 19.2 Å². The molecule has 0 unspecified atom stereocenters. The van der Waals surface area contributed by atoms with E-state index in [4.69, 9.17) is 0 Å². The maximum Gasteiger partial charge on any atom is 0.253 e. The minimum absolute atomic E-state index is 0.000518. The highest BCUT2D eigenvalue weighted by atomic mass is 16.2. The van der Waals surface area contributed by atoms with Crippen molar-refractivity contribution in [3.05, 3.63) is 59.7 Å². The van der Waals surface area contributed by atoms with Gasteiger partial charge in [0.05, 0.1) is 0 Å². The number of nitrogens with zero attached hydrogens (tertiary/aromatic N) is 2. The van der Waals surface area contributed by atoms with E-state index in [0.29, 0.717) is 35.3 Å². The molecule has 0 atom stereocenters. The molecule has 2 fully saturated rings. The summed E-state index contributed by atoms with van der Waals surface area (Å²) in [4.78, 5) is 53.5. The molecule has 2 saturated heterocycles. The second kappa shape index (κ2) is 12.3. The van der Waals surface area contributed by atoms with Gasteiger partial charge in [0.25, 0.3) is 11.8 Å². The number of nitrogens with one attached hydrogen (secondary N) is 2. The van der Waals surface area contributed by atoms with E-state index in [-0.39, 0.29) is 36.5 Å². The van der Waals surface area contributed by atoms with Crippen LogP contribution < -0.4 is 10.6 Å². The summed E-state index contributed by atoms with van der Waals surface area (Å²) in [6.07, 6.45) is 5.85. The molecule has 8 heteroatoms. The van der Waals surface area contributed by atoms with Gasteiger partial charge in [0.2, 0.25) is 11.8 Å². The van der Waals surface area contributed by atoms with E-state index in [9.17, 15) is 19.2 Å². The first kappa shape index (κ1) is 25.4. The molecule has 4 rings (SSSR count). The highest BCUT2D eigenvalue weighted by Crippen LogP contribution is 2.18. The standard InChI is InChI=1S/C28H34N4O4/c33-25(29-23-11-7-9-21(19-23)27(35)31-15-3-4-16-31)13-1-2-14-26(34)30-24-12-8-10-22(20-24)28(36)32-17-5-6-18-32/h7-12,19-20H,1-6,13-18H2,(H,29,33)(H,30,34). The fourth-order valence-corrected chi connectivity index (χ4v) is 4.68. The molecule has 0 spiro atoms. The van der Waals surface area contributed by atoms with Crippen molar-refractivity contribution in [3.8, 4) is 0 Å². The average Bonchev–Trinajstić information content (AvgIpc) is 3.61.